The molecule has 0 aliphatic rings. The van der Waals surface area contributed by atoms with Crippen molar-refractivity contribution < 1.29 is 23.3 Å². The van der Waals surface area contributed by atoms with E-state index < -0.39 is 20.5 Å². The molecule has 0 amide bonds. The van der Waals surface area contributed by atoms with E-state index in [9.17, 15) is 4.57 Å². The van der Waals surface area contributed by atoms with Crippen LogP contribution in [0.3, 0.4) is 0 Å². The van der Waals surface area contributed by atoms with E-state index in [1.807, 2.05) is 0 Å². The number of hydrogen-bond acceptors (Lipinski definition) is 7. The first kappa shape index (κ1) is 17.1. The van der Waals surface area contributed by atoms with Crippen molar-refractivity contribution in [2.75, 3.05) is 14.2 Å². The maximum Gasteiger partial charge on any atom is 0.320 e. The van der Waals surface area contributed by atoms with Crippen LogP contribution in [-0.4, -0.2) is 37.9 Å². The SMILES string of the molecule is CON=C(C)C(C)O[PH](=O)OC(C)C(C)=NOC. The van der Waals surface area contributed by atoms with Gasteiger partial charge in [0.15, 0.2) is 0 Å². The summed E-state index contributed by atoms with van der Waals surface area (Å²) in [5, 5.41) is 7.38. The summed E-state index contributed by atoms with van der Waals surface area (Å²) in [6, 6.07) is 0. The Hall–Kier alpha value is -0.910. The van der Waals surface area contributed by atoms with Crippen molar-refractivity contribution in [1.82, 2.24) is 0 Å². The minimum atomic E-state index is -2.64. The summed E-state index contributed by atoms with van der Waals surface area (Å²) < 4.78 is 22.0. The van der Waals surface area contributed by atoms with Gasteiger partial charge in [0.2, 0.25) is 0 Å². The highest BCUT2D eigenvalue weighted by atomic mass is 31.1. The summed E-state index contributed by atoms with van der Waals surface area (Å²) in [4.78, 5) is 9.20. The van der Waals surface area contributed by atoms with Gasteiger partial charge in [-0.05, 0) is 27.7 Å². The standard InChI is InChI=1S/C10H21N2O5P/c1-7(11-14-5)9(3)16-18(13)17-10(4)8(2)12-15-6/h9-10,18H,1-6H3. The Morgan fingerprint density at radius 1 is 0.944 bits per heavy atom. The second-order valence-corrected chi connectivity index (χ2v) is 4.57. The number of nitrogens with zero attached hydrogens (tertiary/aromatic N) is 2. The summed E-state index contributed by atoms with van der Waals surface area (Å²) in [6.07, 6.45) is -0.883. The summed E-state index contributed by atoms with van der Waals surface area (Å²) in [7, 11) is 0.230. The van der Waals surface area contributed by atoms with E-state index in [2.05, 4.69) is 20.0 Å². The normalized spacial score (nSPS) is 18.1. The van der Waals surface area contributed by atoms with E-state index in [0.717, 1.165) is 0 Å². The van der Waals surface area contributed by atoms with Crippen LogP contribution in [-0.2, 0) is 23.3 Å². The first-order valence-electron chi connectivity index (χ1n) is 5.44. The molecule has 0 radical (unpaired) electrons. The Balaban J connectivity index is 4.27. The Kier molecular flexibility index (Phi) is 8.62. The van der Waals surface area contributed by atoms with Gasteiger partial charge in [0, 0.05) is 0 Å². The summed E-state index contributed by atoms with van der Waals surface area (Å²) >= 11 is 0. The molecule has 0 aromatic carbocycles. The molecule has 2 atom stereocenters. The van der Waals surface area contributed by atoms with Crippen molar-refractivity contribution in [3.8, 4) is 0 Å². The fraction of sp³-hybridized carbons (Fsp3) is 0.800. The molecule has 0 aliphatic carbocycles. The largest absolute Gasteiger partial charge is 0.399 e. The van der Waals surface area contributed by atoms with Crippen molar-refractivity contribution in [3.05, 3.63) is 0 Å². The molecule has 0 spiro atoms. The van der Waals surface area contributed by atoms with E-state index in [0.29, 0.717) is 11.4 Å². The van der Waals surface area contributed by atoms with Crippen molar-refractivity contribution in [3.63, 3.8) is 0 Å². The van der Waals surface area contributed by atoms with Gasteiger partial charge in [-0.3, -0.25) is 4.57 Å². The lowest BCUT2D eigenvalue weighted by Crippen LogP contribution is -2.18. The average Bonchev–Trinajstić information content (AvgIpc) is 2.29. The molecule has 0 N–H and O–H groups in total. The lowest BCUT2D eigenvalue weighted by atomic mass is 10.3. The molecule has 0 rings (SSSR count). The lowest BCUT2D eigenvalue weighted by molar-refractivity contribution is 0.177. The van der Waals surface area contributed by atoms with Crippen LogP contribution in [0.15, 0.2) is 10.3 Å². The monoisotopic (exact) mass is 280 g/mol. The molecule has 0 saturated heterocycles. The molecule has 8 heteroatoms. The molecule has 2 unspecified atom stereocenters. The van der Waals surface area contributed by atoms with Crippen molar-refractivity contribution in [2.45, 2.75) is 39.9 Å². The Bertz CT molecular complexity index is 302. The Morgan fingerprint density at radius 2 is 1.28 bits per heavy atom. The van der Waals surface area contributed by atoms with Crippen LogP contribution in [0.1, 0.15) is 27.7 Å². The molecular weight excluding hydrogens is 259 g/mol. The lowest BCUT2D eigenvalue weighted by Gasteiger charge is -2.15. The summed E-state index contributed by atoms with van der Waals surface area (Å²) in [6.45, 7) is 6.85. The van der Waals surface area contributed by atoms with E-state index >= 15 is 0 Å². The van der Waals surface area contributed by atoms with Gasteiger partial charge >= 0.3 is 8.25 Å². The van der Waals surface area contributed by atoms with Gasteiger partial charge in [-0.15, -0.1) is 0 Å². The van der Waals surface area contributed by atoms with Gasteiger partial charge in [-0.25, -0.2) is 0 Å². The molecule has 7 nitrogen and oxygen atoms in total. The topological polar surface area (TPSA) is 78.7 Å². The van der Waals surface area contributed by atoms with E-state index in [4.69, 9.17) is 9.05 Å². The van der Waals surface area contributed by atoms with E-state index in [1.165, 1.54) is 14.2 Å². The third-order valence-electron chi connectivity index (χ3n) is 2.19. The second kappa shape index (κ2) is 9.08. The predicted octanol–water partition coefficient (Wildman–Crippen LogP) is 2.23. The zero-order valence-corrected chi connectivity index (χ0v) is 12.6. The van der Waals surface area contributed by atoms with Crippen molar-refractivity contribution >= 4 is 19.7 Å². The van der Waals surface area contributed by atoms with Crippen LogP contribution >= 0.6 is 8.25 Å². The van der Waals surface area contributed by atoms with Crippen LogP contribution < -0.4 is 0 Å². The maximum atomic E-state index is 11.6. The maximum absolute atomic E-state index is 11.6. The van der Waals surface area contributed by atoms with Gasteiger partial charge in [0.25, 0.3) is 0 Å². The average molecular weight is 280 g/mol. The molecule has 0 heterocycles. The summed E-state index contributed by atoms with van der Waals surface area (Å²) in [5.41, 5.74) is 1.16. The number of oxime groups is 2. The van der Waals surface area contributed by atoms with Gasteiger partial charge in [0.05, 0.1) is 11.4 Å². The summed E-state index contributed by atoms with van der Waals surface area (Å²) in [5.74, 6) is 0. The first-order chi connectivity index (χ1) is 8.42. The Labute approximate surface area is 108 Å². The van der Waals surface area contributed by atoms with Crippen molar-refractivity contribution in [1.29, 1.82) is 0 Å². The number of hydrogen-bond donors (Lipinski definition) is 0. The van der Waals surface area contributed by atoms with Crippen molar-refractivity contribution in [2.24, 2.45) is 10.3 Å². The zero-order valence-electron chi connectivity index (χ0n) is 11.6. The Morgan fingerprint density at radius 3 is 1.56 bits per heavy atom. The van der Waals surface area contributed by atoms with Gasteiger partial charge in [-0.1, -0.05) is 10.3 Å². The molecule has 0 aromatic rings. The van der Waals surface area contributed by atoms with Crippen LogP contribution in [0.2, 0.25) is 0 Å². The third kappa shape index (κ3) is 6.74. The highest BCUT2D eigenvalue weighted by Crippen LogP contribution is 2.28. The smallest absolute Gasteiger partial charge is 0.320 e. The fourth-order valence-electron chi connectivity index (χ4n) is 0.923. The van der Waals surface area contributed by atoms with Gasteiger partial charge in [-0.2, -0.15) is 0 Å². The van der Waals surface area contributed by atoms with E-state index in [1.54, 1.807) is 27.7 Å². The quantitative estimate of drug-likeness (QED) is 0.387. The van der Waals surface area contributed by atoms with Crippen LogP contribution in [0.4, 0.5) is 0 Å². The zero-order chi connectivity index (χ0) is 14.1. The van der Waals surface area contributed by atoms with Crippen LogP contribution in [0.25, 0.3) is 0 Å². The van der Waals surface area contributed by atoms with Gasteiger partial charge < -0.3 is 18.7 Å². The number of rotatable bonds is 8. The molecule has 0 aliphatic heterocycles. The highest BCUT2D eigenvalue weighted by molar-refractivity contribution is 7.33. The minimum absolute atomic E-state index is 0.441. The van der Waals surface area contributed by atoms with Crippen LogP contribution in [0.5, 0.6) is 0 Å². The highest BCUT2D eigenvalue weighted by Gasteiger charge is 2.16. The molecule has 0 fully saturated rings. The second-order valence-electron chi connectivity index (χ2n) is 3.60. The van der Waals surface area contributed by atoms with Crippen LogP contribution in [0, 0.1) is 0 Å². The predicted molar refractivity (Wildman–Crippen MR) is 70.3 cm³/mol. The molecule has 0 bridgehead atoms. The first-order valence-corrected chi connectivity index (χ1v) is 6.67. The molecular formula is C10H21N2O5P. The van der Waals surface area contributed by atoms with E-state index in [-0.39, 0.29) is 0 Å². The molecule has 106 valence electrons. The fourth-order valence-corrected chi connectivity index (χ4v) is 1.90. The molecule has 18 heavy (non-hydrogen) atoms. The molecule has 0 saturated carbocycles. The van der Waals surface area contributed by atoms with Gasteiger partial charge in [0.1, 0.15) is 26.4 Å². The third-order valence-corrected chi connectivity index (χ3v) is 3.29. The molecule has 0 aromatic heterocycles. The minimum Gasteiger partial charge on any atom is -0.399 e.